The van der Waals surface area contributed by atoms with Crippen LogP contribution in [-0.4, -0.2) is 16.9 Å². The van der Waals surface area contributed by atoms with Crippen molar-refractivity contribution in [1.82, 2.24) is 0 Å². The molecule has 0 spiro atoms. The average molecular weight is 470 g/mol. The van der Waals surface area contributed by atoms with Crippen LogP contribution in [0.25, 0.3) is 0 Å². The van der Waals surface area contributed by atoms with Crippen molar-refractivity contribution < 1.29 is 14.7 Å². The highest BCUT2D eigenvalue weighted by atomic mass is 35.5. The van der Waals surface area contributed by atoms with Crippen LogP contribution in [0.5, 0.6) is 5.75 Å². The minimum Gasteiger partial charge on any atom is -0.508 e. The third kappa shape index (κ3) is 3.13. The Balaban J connectivity index is 1.81. The number of amides is 2. The Morgan fingerprint density at radius 2 is 1.82 bits per heavy atom. The summed E-state index contributed by atoms with van der Waals surface area (Å²) in [5.41, 5.74) is 2.53. The number of phenols is 1. The molecule has 3 aromatic carbocycles. The first-order valence-corrected chi connectivity index (χ1v) is 11.6. The van der Waals surface area contributed by atoms with Gasteiger partial charge in [-0.2, -0.15) is 0 Å². The number of nitrogens with zero attached hydrogens (tertiary/aromatic N) is 1. The Hall–Kier alpha value is -3.63. The zero-order chi connectivity index (χ0) is 24.0. The van der Waals surface area contributed by atoms with Gasteiger partial charge < -0.3 is 5.11 Å². The first-order valence-electron chi connectivity index (χ1n) is 11.2. The number of allylic oxidation sites excluding steroid dienone is 3. The maximum Gasteiger partial charge on any atom is 0.246 e. The molecule has 1 fully saturated rings. The molecule has 1 N–H and O–H groups in total. The van der Waals surface area contributed by atoms with E-state index in [0.717, 1.165) is 16.7 Å². The van der Waals surface area contributed by atoms with E-state index in [0.29, 0.717) is 22.7 Å². The molecule has 0 bridgehead atoms. The van der Waals surface area contributed by atoms with Gasteiger partial charge in [0.05, 0.1) is 17.0 Å². The third-order valence-corrected chi connectivity index (χ3v) is 7.35. The van der Waals surface area contributed by atoms with E-state index in [-0.39, 0.29) is 17.6 Å². The lowest BCUT2D eigenvalue weighted by Crippen LogP contribution is -2.48. The first-order chi connectivity index (χ1) is 16.4. The topological polar surface area (TPSA) is 57.6 Å². The van der Waals surface area contributed by atoms with E-state index in [2.05, 4.69) is 6.58 Å². The number of fused-ring (bicyclic) bond motifs is 1. The third-order valence-electron chi connectivity index (χ3n) is 7.11. The number of rotatable bonds is 4. The molecule has 0 unspecified atom stereocenters. The van der Waals surface area contributed by atoms with Crippen LogP contribution in [-0.2, 0) is 15.0 Å². The molecular weight excluding hydrogens is 446 g/mol. The highest BCUT2D eigenvalue weighted by molar-refractivity contribution is 6.32. The molecule has 34 heavy (non-hydrogen) atoms. The van der Waals surface area contributed by atoms with Crippen molar-refractivity contribution in [2.45, 2.75) is 24.7 Å². The van der Waals surface area contributed by atoms with Crippen molar-refractivity contribution >= 4 is 29.1 Å². The molecule has 1 saturated heterocycles. The molecule has 3 aromatic rings. The summed E-state index contributed by atoms with van der Waals surface area (Å²) in [6.07, 6.45) is 4.21. The highest BCUT2D eigenvalue weighted by Crippen LogP contribution is 2.58. The molecule has 2 aliphatic rings. The minimum atomic E-state index is -1.16. The summed E-state index contributed by atoms with van der Waals surface area (Å²) in [5, 5.41) is 10.6. The van der Waals surface area contributed by atoms with E-state index < -0.39 is 17.3 Å². The van der Waals surface area contributed by atoms with Crippen LogP contribution in [0.1, 0.15) is 29.0 Å². The molecule has 2 amide bonds. The van der Waals surface area contributed by atoms with Gasteiger partial charge >= 0.3 is 0 Å². The Labute approximate surface area is 203 Å². The number of imide groups is 1. The van der Waals surface area contributed by atoms with Gasteiger partial charge in [-0.1, -0.05) is 78.9 Å². The fourth-order valence-electron chi connectivity index (χ4n) is 5.61. The molecule has 5 heteroatoms. The van der Waals surface area contributed by atoms with E-state index >= 15 is 0 Å². The van der Waals surface area contributed by atoms with Crippen LogP contribution in [0, 0.1) is 12.8 Å². The summed E-state index contributed by atoms with van der Waals surface area (Å²) in [4.78, 5) is 29.7. The van der Waals surface area contributed by atoms with Crippen LogP contribution in [0.15, 0.2) is 97.1 Å². The molecule has 1 heterocycles. The summed E-state index contributed by atoms with van der Waals surface area (Å²) in [7, 11) is 0. The SMILES string of the molecule is C=CC1=CC[C@H]2C(=O)N(c3cccc(Cl)c3)C(=O)[C@@]2(c2ccccc2)[C@H]1c1ccc(O)c(C)c1. The number of halogens is 1. The van der Waals surface area contributed by atoms with Crippen LogP contribution in [0.4, 0.5) is 5.69 Å². The molecule has 5 rings (SSSR count). The van der Waals surface area contributed by atoms with Gasteiger partial charge in [-0.3, -0.25) is 9.59 Å². The van der Waals surface area contributed by atoms with Gasteiger partial charge in [0.25, 0.3) is 0 Å². The number of aromatic hydroxyl groups is 1. The molecule has 170 valence electrons. The van der Waals surface area contributed by atoms with Crippen molar-refractivity contribution in [3.8, 4) is 5.75 Å². The van der Waals surface area contributed by atoms with E-state index in [9.17, 15) is 14.7 Å². The normalized spacial score (nSPS) is 24.1. The lowest BCUT2D eigenvalue weighted by molar-refractivity contribution is -0.123. The summed E-state index contributed by atoms with van der Waals surface area (Å²) in [5.74, 6) is -1.38. The number of hydrogen-bond donors (Lipinski definition) is 1. The lowest BCUT2D eigenvalue weighted by Gasteiger charge is -2.43. The maximum atomic E-state index is 14.5. The van der Waals surface area contributed by atoms with Gasteiger partial charge in [-0.05, 0) is 59.9 Å². The number of carbonyl (C=O) groups is 2. The smallest absolute Gasteiger partial charge is 0.246 e. The van der Waals surface area contributed by atoms with Crippen LogP contribution in [0.2, 0.25) is 5.02 Å². The second kappa shape index (κ2) is 8.30. The second-order valence-electron chi connectivity index (χ2n) is 8.87. The summed E-state index contributed by atoms with van der Waals surface area (Å²) >= 11 is 6.23. The number of aryl methyl sites for hydroxylation is 1. The largest absolute Gasteiger partial charge is 0.508 e. The molecule has 0 aromatic heterocycles. The predicted molar refractivity (Wildman–Crippen MR) is 134 cm³/mol. The molecule has 0 radical (unpaired) electrons. The molecule has 1 aliphatic carbocycles. The monoisotopic (exact) mass is 469 g/mol. The van der Waals surface area contributed by atoms with Gasteiger partial charge in [0.15, 0.2) is 0 Å². The minimum absolute atomic E-state index is 0.184. The van der Waals surface area contributed by atoms with Crippen molar-refractivity contribution in [2.24, 2.45) is 5.92 Å². The molecule has 1 aliphatic heterocycles. The average Bonchev–Trinajstić information content (AvgIpc) is 3.08. The highest BCUT2D eigenvalue weighted by Gasteiger charge is 2.65. The molecular formula is C29H24ClNO3. The van der Waals surface area contributed by atoms with Gasteiger partial charge in [-0.25, -0.2) is 4.90 Å². The van der Waals surface area contributed by atoms with Crippen molar-refractivity contribution in [3.63, 3.8) is 0 Å². The van der Waals surface area contributed by atoms with E-state index in [4.69, 9.17) is 11.6 Å². The Morgan fingerprint density at radius 3 is 2.50 bits per heavy atom. The van der Waals surface area contributed by atoms with Gasteiger partial charge in [-0.15, -0.1) is 0 Å². The standard InChI is InChI=1S/C29H24ClNO3/c1-3-19-12-14-24-27(33)31(23-11-7-10-22(30)17-23)28(34)29(24,21-8-5-4-6-9-21)26(19)20-13-15-25(32)18(2)16-20/h3-13,15-17,24,26,32H,1,14H2,2H3/t24-,26+,29+/m0/s1. The van der Waals surface area contributed by atoms with Crippen LogP contribution < -0.4 is 4.90 Å². The molecule has 4 nitrogen and oxygen atoms in total. The second-order valence-corrected chi connectivity index (χ2v) is 9.31. The van der Waals surface area contributed by atoms with Crippen LogP contribution >= 0.6 is 11.6 Å². The van der Waals surface area contributed by atoms with Crippen LogP contribution in [0.3, 0.4) is 0 Å². The van der Waals surface area contributed by atoms with Crippen molar-refractivity contribution in [1.29, 1.82) is 0 Å². The van der Waals surface area contributed by atoms with E-state index in [1.807, 2.05) is 55.5 Å². The molecule has 3 atom stereocenters. The number of hydrogen-bond acceptors (Lipinski definition) is 3. The number of carbonyl (C=O) groups excluding carboxylic acids is 2. The predicted octanol–water partition coefficient (Wildman–Crippen LogP) is 6.08. The Morgan fingerprint density at radius 1 is 1.06 bits per heavy atom. The fraction of sp³-hybridized carbons (Fsp3) is 0.172. The maximum absolute atomic E-state index is 14.5. The van der Waals surface area contributed by atoms with E-state index in [1.54, 1.807) is 36.4 Å². The Kier molecular flexibility index (Phi) is 5.41. The molecule has 0 saturated carbocycles. The summed E-state index contributed by atoms with van der Waals surface area (Å²) < 4.78 is 0. The van der Waals surface area contributed by atoms with Crippen molar-refractivity contribution in [3.05, 3.63) is 119 Å². The number of phenolic OH excluding ortho intramolecular Hbond substituents is 1. The fourth-order valence-corrected chi connectivity index (χ4v) is 5.80. The van der Waals surface area contributed by atoms with Crippen molar-refractivity contribution in [2.75, 3.05) is 4.90 Å². The lowest BCUT2D eigenvalue weighted by atomic mass is 9.56. The number of anilines is 1. The number of benzene rings is 3. The Bertz CT molecular complexity index is 1350. The first kappa shape index (κ1) is 22.2. The summed E-state index contributed by atoms with van der Waals surface area (Å²) in [6.45, 7) is 5.85. The zero-order valence-corrected chi connectivity index (χ0v) is 19.5. The van der Waals surface area contributed by atoms with E-state index in [1.165, 1.54) is 4.90 Å². The zero-order valence-electron chi connectivity index (χ0n) is 18.7. The quantitative estimate of drug-likeness (QED) is 0.471. The van der Waals surface area contributed by atoms with Gasteiger partial charge in [0.2, 0.25) is 11.8 Å². The van der Waals surface area contributed by atoms with Gasteiger partial charge in [0.1, 0.15) is 5.75 Å². The van der Waals surface area contributed by atoms with Gasteiger partial charge in [0, 0.05) is 10.9 Å². The summed E-state index contributed by atoms with van der Waals surface area (Å²) in [6, 6.07) is 21.7.